The van der Waals surface area contributed by atoms with Gasteiger partial charge in [0.25, 0.3) is 0 Å². The Labute approximate surface area is 116 Å². The molecule has 0 heterocycles. The van der Waals surface area contributed by atoms with Gasteiger partial charge >= 0.3 is 0 Å². The lowest BCUT2D eigenvalue weighted by molar-refractivity contribution is 0.580. The van der Waals surface area contributed by atoms with Crippen LogP contribution in [0.5, 0.6) is 0 Å². The summed E-state index contributed by atoms with van der Waals surface area (Å²) in [6, 6.07) is 8.14. The fourth-order valence-electron chi connectivity index (χ4n) is 1.60. The Kier molecular flexibility index (Phi) is 6.48. The van der Waals surface area contributed by atoms with Gasteiger partial charge in [0, 0.05) is 19.1 Å². The van der Waals surface area contributed by atoms with E-state index in [0.717, 1.165) is 24.1 Å². The maximum absolute atomic E-state index is 11.7. The van der Waals surface area contributed by atoms with E-state index in [2.05, 4.69) is 23.9 Å². The molecule has 1 aromatic rings. The van der Waals surface area contributed by atoms with Crippen LogP contribution in [-0.4, -0.2) is 21.0 Å². The molecule has 0 spiro atoms. The second-order valence-corrected chi connectivity index (χ2v) is 6.81. The van der Waals surface area contributed by atoms with E-state index < -0.39 is 10.0 Å². The number of hydrogen-bond donors (Lipinski definition) is 2. The van der Waals surface area contributed by atoms with Crippen molar-refractivity contribution in [1.29, 1.82) is 0 Å². The van der Waals surface area contributed by atoms with Crippen LogP contribution in [0.1, 0.15) is 38.3 Å². The van der Waals surface area contributed by atoms with E-state index in [-0.39, 0.29) is 5.75 Å². The first-order valence-corrected chi connectivity index (χ1v) is 8.36. The molecule has 1 aromatic carbocycles. The summed E-state index contributed by atoms with van der Waals surface area (Å²) in [6.07, 6.45) is 0.805. The van der Waals surface area contributed by atoms with E-state index in [4.69, 9.17) is 0 Å². The normalized spacial score (nSPS) is 12.0. The highest BCUT2D eigenvalue weighted by atomic mass is 32.2. The second-order valence-electron chi connectivity index (χ2n) is 5.01. The first-order valence-electron chi connectivity index (χ1n) is 6.71. The predicted molar refractivity (Wildman–Crippen MR) is 79.3 cm³/mol. The van der Waals surface area contributed by atoms with Gasteiger partial charge in [-0.1, -0.05) is 45.0 Å². The summed E-state index contributed by atoms with van der Waals surface area (Å²) in [5.41, 5.74) is 1.98. The Balaban J connectivity index is 2.56. The first-order chi connectivity index (χ1) is 8.93. The fraction of sp³-hybridized carbons (Fsp3) is 0.571. The molecule has 0 radical (unpaired) electrons. The fourth-order valence-corrected chi connectivity index (χ4v) is 2.85. The Morgan fingerprint density at radius 1 is 1.11 bits per heavy atom. The zero-order valence-corrected chi connectivity index (χ0v) is 12.8. The summed E-state index contributed by atoms with van der Waals surface area (Å²) in [7, 11) is -3.20. The third-order valence-electron chi connectivity index (χ3n) is 2.67. The van der Waals surface area contributed by atoms with Gasteiger partial charge in [-0.3, -0.25) is 0 Å². The Hall–Kier alpha value is -0.910. The molecule has 0 fully saturated rings. The molecule has 0 atom stereocenters. The van der Waals surface area contributed by atoms with Crippen molar-refractivity contribution < 1.29 is 8.42 Å². The molecule has 0 aliphatic rings. The molecular formula is C14H24N2O2S. The van der Waals surface area contributed by atoms with Gasteiger partial charge in [0.05, 0.1) is 5.75 Å². The molecule has 0 aromatic heterocycles. The van der Waals surface area contributed by atoms with Gasteiger partial charge < -0.3 is 5.32 Å². The molecule has 2 N–H and O–H groups in total. The number of rotatable bonds is 8. The molecular weight excluding hydrogens is 260 g/mol. The molecule has 108 valence electrons. The molecule has 0 amide bonds. The number of sulfonamides is 1. The minimum absolute atomic E-state index is 0.0465. The van der Waals surface area contributed by atoms with Gasteiger partial charge in [-0.05, 0) is 17.5 Å². The van der Waals surface area contributed by atoms with Crippen molar-refractivity contribution in [2.45, 2.75) is 45.5 Å². The highest BCUT2D eigenvalue weighted by molar-refractivity contribution is 7.88. The van der Waals surface area contributed by atoms with Crippen molar-refractivity contribution in [3.63, 3.8) is 0 Å². The van der Waals surface area contributed by atoms with E-state index in [1.807, 2.05) is 31.2 Å². The van der Waals surface area contributed by atoms with Crippen molar-refractivity contribution in [3.8, 4) is 0 Å². The second kappa shape index (κ2) is 7.62. The quantitative estimate of drug-likeness (QED) is 0.768. The molecule has 19 heavy (non-hydrogen) atoms. The maximum atomic E-state index is 11.7. The molecule has 4 nitrogen and oxygen atoms in total. The molecule has 0 aliphatic carbocycles. The van der Waals surface area contributed by atoms with Crippen LogP contribution in [0.3, 0.4) is 0 Å². The van der Waals surface area contributed by atoms with Crippen LogP contribution < -0.4 is 10.0 Å². The standard InChI is InChI=1S/C14H24N2O2S/c1-4-9-16-19(17,18)11-14-7-5-13(6-8-14)10-15-12(2)3/h5-8,12,15-16H,4,9-11H2,1-3H3. The van der Waals surface area contributed by atoms with Crippen LogP contribution >= 0.6 is 0 Å². The lowest BCUT2D eigenvalue weighted by Crippen LogP contribution is -2.25. The lowest BCUT2D eigenvalue weighted by atomic mass is 10.1. The number of benzene rings is 1. The Morgan fingerprint density at radius 2 is 1.68 bits per heavy atom. The number of nitrogens with one attached hydrogen (secondary N) is 2. The zero-order chi connectivity index (χ0) is 14.3. The predicted octanol–water partition coefficient (Wildman–Crippen LogP) is 2.01. The van der Waals surface area contributed by atoms with Crippen LogP contribution in [0.2, 0.25) is 0 Å². The topological polar surface area (TPSA) is 58.2 Å². The highest BCUT2D eigenvalue weighted by Gasteiger charge is 2.10. The maximum Gasteiger partial charge on any atom is 0.215 e. The average molecular weight is 284 g/mol. The van der Waals surface area contributed by atoms with E-state index in [1.54, 1.807) is 0 Å². The summed E-state index contributed by atoms with van der Waals surface area (Å²) in [5.74, 6) is 0.0465. The van der Waals surface area contributed by atoms with Gasteiger partial charge in [0.15, 0.2) is 0 Å². The van der Waals surface area contributed by atoms with Crippen LogP contribution in [0.15, 0.2) is 24.3 Å². The van der Waals surface area contributed by atoms with Crippen molar-refractivity contribution in [1.82, 2.24) is 10.0 Å². The van der Waals surface area contributed by atoms with E-state index in [1.165, 1.54) is 0 Å². The lowest BCUT2D eigenvalue weighted by Gasteiger charge is -2.09. The van der Waals surface area contributed by atoms with Gasteiger partial charge in [-0.15, -0.1) is 0 Å². The summed E-state index contributed by atoms with van der Waals surface area (Å²) >= 11 is 0. The van der Waals surface area contributed by atoms with Crippen molar-refractivity contribution >= 4 is 10.0 Å². The molecule has 0 saturated carbocycles. The molecule has 1 rings (SSSR count). The Bertz CT molecular complexity index is 467. The van der Waals surface area contributed by atoms with Gasteiger partial charge in [-0.2, -0.15) is 0 Å². The van der Waals surface area contributed by atoms with Gasteiger partial charge in [0.1, 0.15) is 0 Å². The average Bonchev–Trinajstić information content (AvgIpc) is 2.35. The van der Waals surface area contributed by atoms with Crippen LogP contribution in [-0.2, 0) is 22.3 Å². The minimum Gasteiger partial charge on any atom is -0.310 e. The summed E-state index contributed by atoms with van der Waals surface area (Å²) in [5, 5.41) is 3.33. The van der Waals surface area contributed by atoms with E-state index in [0.29, 0.717) is 12.6 Å². The SMILES string of the molecule is CCCNS(=O)(=O)Cc1ccc(CNC(C)C)cc1. The molecule has 0 bridgehead atoms. The van der Waals surface area contributed by atoms with Crippen LogP contribution in [0.4, 0.5) is 0 Å². The molecule has 5 heteroatoms. The number of hydrogen-bond acceptors (Lipinski definition) is 3. The van der Waals surface area contributed by atoms with E-state index in [9.17, 15) is 8.42 Å². The summed E-state index contributed by atoms with van der Waals surface area (Å²) < 4.78 is 26.0. The van der Waals surface area contributed by atoms with Crippen molar-refractivity contribution in [2.24, 2.45) is 0 Å². The Morgan fingerprint density at radius 3 is 2.21 bits per heavy atom. The van der Waals surface area contributed by atoms with Gasteiger partial charge in [-0.25, -0.2) is 13.1 Å². The minimum atomic E-state index is -3.20. The largest absolute Gasteiger partial charge is 0.310 e. The summed E-state index contributed by atoms with van der Waals surface area (Å²) in [6.45, 7) is 7.44. The molecule has 0 unspecified atom stereocenters. The third kappa shape index (κ3) is 6.71. The highest BCUT2D eigenvalue weighted by Crippen LogP contribution is 2.08. The molecule has 0 aliphatic heterocycles. The van der Waals surface area contributed by atoms with Crippen molar-refractivity contribution in [3.05, 3.63) is 35.4 Å². The van der Waals surface area contributed by atoms with E-state index >= 15 is 0 Å². The van der Waals surface area contributed by atoms with Gasteiger partial charge in [0.2, 0.25) is 10.0 Å². The molecule has 0 saturated heterocycles. The van der Waals surface area contributed by atoms with Crippen molar-refractivity contribution in [2.75, 3.05) is 6.54 Å². The monoisotopic (exact) mass is 284 g/mol. The third-order valence-corrected chi connectivity index (χ3v) is 4.02. The summed E-state index contributed by atoms with van der Waals surface area (Å²) in [4.78, 5) is 0. The first kappa shape index (κ1) is 16.1. The zero-order valence-electron chi connectivity index (χ0n) is 11.9. The smallest absolute Gasteiger partial charge is 0.215 e. The van der Waals surface area contributed by atoms with Crippen LogP contribution in [0, 0.1) is 0 Å². The van der Waals surface area contributed by atoms with Crippen LogP contribution in [0.25, 0.3) is 0 Å².